The van der Waals surface area contributed by atoms with Crippen LogP contribution in [0.15, 0.2) is 58.8 Å². The van der Waals surface area contributed by atoms with E-state index in [1.807, 2.05) is 0 Å². The van der Waals surface area contributed by atoms with E-state index < -0.39 is 23.5 Å². The molecule has 0 aliphatic carbocycles. The standard InChI is InChI=1S/C17H12F4N2O2/c1-25-15(24)9-8-11-4-2-7-14(18)16(11)23-22-13-6-3-5-12(10-13)17(19,20)21/h2-10H,1H3. The molecule has 0 aromatic heterocycles. The van der Waals surface area contributed by atoms with Gasteiger partial charge in [0.2, 0.25) is 0 Å². The van der Waals surface area contributed by atoms with E-state index in [0.29, 0.717) is 0 Å². The minimum absolute atomic E-state index is 0.0824. The summed E-state index contributed by atoms with van der Waals surface area (Å²) in [4.78, 5) is 11.1. The molecule has 2 aromatic carbocycles. The van der Waals surface area contributed by atoms with Crippen LogP contribution in [0.3, 0.4) is 0 Å². The molecule has 0 N–H and O–H groups in total. The van der Waals surface area contributed by atoms with Gasteiger partial charge in [0, 0.05) is 11.6 Å². The van der Waals surface area contributed by atoms with E-state index in [1.54, 1.807) is 0 Å². The van der Waals surface area contributed by atoms with Gasteiger partial charge in [-0.05, 0) is 30.3 Å². The van der Waals surface area contributed by atoms with Crippen molar-refractivity contribution < 1.29 is 27.1 Å². The topological polar surface area (TPSA) is 51.0 Å². The van der Waals surface area contributed by atoms with E-state index in [4.69, 9.17) is 0 Å². The first-order valence-electron chi connectivity index (χ1n) is 6.95. The molecule has 130 valence electrons. The molecule has 0 amide bonds. The van der Waals surface area contributed by atoms with Gasteiger partial charge in [-0.25, -0.2) is 9.18 Å². The largest absolute Gasteiger partial charge is 0.466 e. The Morgan fingerprint density at radius 1 is 1.12 bits per heavy atom. The Morgan fingerprint density at radius 3 is 2.52 bits per heavy atom. The summed E-state index contributed by atoms with van der Waals surface area (Å²) >= 11 is 0. The monoisotopic (exact) mass is 352 g/mol. The highest BCUT2D eigenvalue weighted by Gasteiger charge is 2.30. The van der Waals surface area contributed by atoms with Crippen molar-refractivity contribution in [3.05, 3.63) is 65.5 Å². The summed E-state index contributed by atoms with van der Waals surface area (Å²) in [7, 11) is 1.19. The Hall–Kier alpha value is -3.03. The SMILES string of the molecule is COC(=O)C=Cc1cccc(F)c1N=Nc1cccc(C(F)(F)F)c1. The number of hydrogen-bond acceptors (Lipinski definition) is 4. The number of azo groups is 1. The van der Waals surface area contributed by atoms with Crippen LogP contribution in [0.4, 0.5) is 28.9 Å². The lowest BCUT2D eigenvalue weighted by Gasteiger charge is -2.06. The number of nitrogens with zero attached hydrogens (tertiary/aromatic N) is 2. The van der Waals surface area contributed by atoms with Crippen molar-refractivity contribution in [2.75, 3.05) is 7.11 Å². The van der Waals surface area contributed by atoms with E-state index in [1.165, 1.54) is 37.5 Å². The fourth-order valence-corrected chi connectivity index (χ4v) is 1.85. The summed E-state index contributed by atoms with van der Waals surface area (Å²) in [6.07, 6.45) is -2.18. The summed E-state index contributed by atoms with van der Waals surface area (Å²) in [5, 5.41) is 7.34. The number of halogens is 4. The maximum atomic E-state index is 13.9. The first kappa shape index (κ1) is 18.3. The first-order valence-corrected chi connectivity index (χ1v) is 6.95. The summed E-state index contributed by atoms with van der Waals surface area (Å²) in [6, 6.07) is 8.18. The third-order valence-electron chi connectivity index (χ3n) is 3.06. The molecule has 0 aliphatic heterocycles. The Morgan fingerprint density at radius 2 is 1.84 bits per heavy atom. The quantitative estimate of drug-likeness (QED) is 0.318. The normalized spacial score (nSPS) is 12.0. The Kier molecular flexibility index (Phi) is 5.63. The van der Waals surface area contributed by atoms with Crippen molar-refractivity contribution in [1.82, 2.24) is 0 Å². The van der Waals surface area contributed by atoms with Crippen LogP contribution in [0.25, 0.3) is 6.08 Å². The van der Waals surface area contributed by atoms with Gasteiger partial charge in [0.15, 0.2) is 5.82 Å². The molecular formula is C17H12F4N2O2. The molecule has 0 heterocycles. The Balaban J connectivity index is 2.35. The van der Waals surface area contributed by atoms with E-state index >= 15 is 0 Å². The zero-order valence-electron chi connectivity index (χ0n) is 12.9. The molecule has 2 aromatic rings. The van der Waals surface area contributed by atoms with Crippen LogP contribution >= 0.6 is 0 Å². The lowest BCUT2D eigenvalue weighted by molar-refractivity contribution is -0.137. The summed E-state index contributed by atoms with van der Waals surface area (Å²) in [6.45, 7) is 0. The number of ether oxygens (including phenoxy) is 1. The molecule has 0 bridgehead atoms. The van der Waals surface area contributed by atoms with Crippen molar-refractivity contribution >= 4 is 23.4 Å². The van der Waals surface area contributed by atoms with Crippen LogP contribution in [0, 0.1) is 5.82 Å². The lowest BCUT2D eigenvalue weighted by Crippen LogP contribution is -2.03. The second kappa shape index (κ2) is 7.69. The van der Waals surface area contributed by atoms with Crippen molar-refractivity contribution in [2.24, 2.45) is 10.2 Å². The number of carbonyl (C=O) groups is 1. The highest BCUT2D eigenvalue weighted by atomic mass is 19.4. The fourth-order valence-electron chi connectivity index (χ4n) is 1.85. The van der Waals surface area contributed by atoms with E-state index in [9.17, 15) is 22.4 Å². The molecule has 0 spiro atoms. The Bertz CT molecular complexity index is 830. The third-order valence-corrected chi connectivity index (χ3v) is 3.06. The van der Waals surface area contributed by atoms with Crippen molar-refractivity contribution in [2.45, 2.75) is 6.18 Å². The minimum atomic E-state index is -4.52. The fraction of sp³-hybridized carbons (Fsp3) is 0.118. The van der Waals surface area contributed by atoms with Crippen LogP contribution in [-0.2, 0) is 15.7 Å². The van der Waals surface area contributed by atoms with Crippen molar-refractivity contribution in [3.8, 4) is 0 Å². The number of alkyl halides is 3. The number of carbonyl (C=O) groups excluding carboxylic acids is 1. The van der Waals surface area contributed by atoms with Gasteiger partial charge in [0.05, 0.1) is 18.4 Å². The molecule has 0 aliphatic rings. The molecular weight excluding hydrogens is 340 g/mol. The second-order valence-corrected chi connectivity index (χ2v) is 4.78. The minimum Gasteiger partial charge on any atom is -0.466 e. The molecule has 0 saturated heterocycles. The van der Waals surface area contributed by atoms with Gasteiger partial charge in [-0.3, -0.25) is 0 Å². The van der Waals surface area contributed by atoms with E-state index in [0.717, 1.165) is 24.3 Å². The van der Waals surface area contributed by atoms with Crippen molar-refractivity contribution in [1.29, 1.82) is 0 Å². The van der Waals surface area contributed by atoms with Crippen LogP contribution in [-0.4, -0.2) is 13.1 Å². The van der Waals surface area contributed by atoms with Crippen LogP contribution < -0.4 is 0 Å². The van der Waals surface area contributed by atoms with E-state index in [-0.39, 0.29) is 16.9 Å². The predicted molar refractivity (Wildman–Crippen MR) is 83.1 cm³/mol. The number of benzene rings is 2. The zero-order valence-corrected chi connectivity index (χ0v) is 12.9. The number of rotatable bonds is 4. The Labute approximate surface area is 140 Å². The molecule has 4 nitrogen and oxygen atoms in total. The molecule has 0 saturated carbocycles. The van der Waals surface area contributed by atoms with Crippen LogP contribution in [0.2, 0.25) is 0 Å². The smallest absolute Gasteiger partial charge is 0.416 e. The average Bonchev–Trinajstić information content (AvgIpc) is 2.58. The van der Waals surface area contributed by atoms with Crippen LogP contribution in [0.5, 0.6) is 0 Å². The number of methoxy groups -OCH3 is 1. The lowest BCUT2D eigenvalue weighted by atomic mass is 10.1. The summed E-state index contributed by atoms with van der Waals surface area (Å²) in [5.74, 6) is -1.38. The molecule has 0 radical (unpaired) electrons. The zero-order chi connectivity index (χ0) is 18.4. The number of hydrogen-bond donors (Lipinski definition) is 0. The highest BCUT2D eigenvalue weighted by Crippen LogP contribution is 2.32. The van der Waals surface area contributed by atoms with E-state index in [2.05, 4.69) is 15.0 Å². The van der Waals surface area contributed by atoms with Gasteiger partial charge in [-0.15, -0.1) is 5.11 Å². The van der Waals surface area contributed by atoms with Gasteiger partial charge >= 0.3 is 12.1 Å². The van der Waals surface area contributed by atoms with Gasteiger partial charge < -0.3 is 4.74 Å². The third kappa shape index (κ3) is 4.97. The average molecular weight is 352 g/mol. The molecule has 8 heteroatoms. The maximum absolute atomic E-state index is 13.9. The maximum Gasteiger partial charge on any atom is 0.416 e. The van der Waals surface area contributed by atoms with Gasteiger partial charge in [0.25, 0.3) is 0 Å². The molecule has 2 rings (SSSR count). The van der Waals surface area contributed by atoms with Gasteiger partial charge in [-0.1, -0.05) is 18.2 Å². The molecule has 0 atom stereocenters. The van der Waals surface area contributed by atoms with Crippen molar-refractivity contribution in [3.63, 3.8) is 0 Å². The molecule has 0 unspecified atom stereocenters. The second-order valence-electron chi connectivity index (χ2n) is 4.78. The van der Waals surface area contributed by atoms with Crippen LogP contribution in [0.1, 0.15) is 11.1 Å². The summed E-state index contributed by atoms with van der Waals surface area (Å²) in [5.41, 5.74) is -0.953. The molecule has 25 heavy (non-hydrogen) atoms. The van der Waals surface area contributed by atoms with Gasteiger partial charge in [-0.2, -0.15) is 18.3 Å². The number of esters is 1. The predicted octanol–water partition coefficient (Wildman–Crippen LogP) is 5.45. The van der Waals surface area contributed by atoms with Gasteiger partial charge in [0.1, 0.15) is 5.69 Å². The highest BCUT2D eigenvalue weighted by molar-refractivity contribution is 5.88. The molecule has 0 fully saturated rings. The summed E-state index contributed by atoms with van der Waals surface area (Å²) < 4.78 is 56.4. The first-order chi connectivity index (χ1) is 11.8.